The predicted octanol–water partition coefficient (Wildman–Crippen LogP) is 6.07. The van der Waals surface area contributed by atoms with Crippen molar-refractivity contribution >= 4 is 21.5 Å². The van der Waals surface area contributed by atoms with Crippen molar-refractivity contribution in [2.24, 2.45) is 5.92 Å². The molecular formula is C25H24O3S. The highest BCUT2D eigenvalue weighted by atomic mass is 32.2. The highest BCUT2D eigenvalue weighted by Crippen LogP contribution is 2.42. The van der Waals surface area contributed by atoms with Crippen molar-refractivity contribution < 1.29 is 12.6 Å². The fourth-order valence-corrected chi connectivity index (χ4v) is 4.30. The second kappa shape index (κ2) is 8.26. The van der Waals surface area contributed by atoms with Gasteiger partial charge in [0.25, 0.3) is 0 Å². The summed E-state index contributed by atoms with van der Waals surface area (Å²) in [6.45, 7) is 1.93. The average Bonchev–Trinajstić information content (AvgIpc) is 3.56. The molecule has 0 spiro atoms. The van der Waals surface area contributed by atoms with Gasteiger partial charge in [0.15, 0.2) is 5.76 Å². The normalized spacial score (nSPS) is 14.9. The van der Waals surface area contributed by atoms with Crippen LogP contribution in [0.15, 0.2) is 89.8 Å². The molecule has 0 bridgehead atoms. The molecule has 29 heavy (non-hydrogen) atoms. The topological polar surface area (TPSA) is 43.4 Å². The first kappa shape index (κ1) is 19.5. The number of allylic oxidation sites excluding steroid dienone is 1. The summed E-state index contributed by atoms with van der Waals surface area (Å²) in [4.78, 5) is 0.162. The van der Waals surface area contributed by atoms with Crippen LogP contribution in [0, 0.1) is 12.8 Å². The Morgan fingerprint density at radius 1 is 0.828 bits per heavy atom. The van der Waals surface area contributed by atoms with Gasteiger partial charge in [0.2, 0.25) is 0 Å². The molecule has 0 unspecified atom stereocenters. The van der Waals surface area contributed by atoms with E-state index < -0.39 is 10.1 Å². The molecule has 3 aromatic rings. The summed E-state index contributed by atoms with van der Waals surface area (Å²) in [6.07, 6.45) is 3.14. The van der Waals surface area contributed by atoms with E-state index in [1.165, 1.54) is 12.8 Å². The molecular weight excluding hydrogens is 380 g/mol. The third-order valence-electron chi connectivity index (χ3n) is 5.12. The number of hydrogen-bond acceptors (Lipinski definition) is 3. The van der Waals surface area contributed by atoms with E-state index in [1.54, 1.807) is 24.3 Å². The predicted molar refractivity (Wildman–Crippen MR) is 116 cm³/mol. The lowest BCUT2D eigenvalue weighted by atomic mass is 9.96. The van der Waals surface area contributed by atoms with Crippen molar-refractivity contribution in [2.45, 2.75) is 31.1 Å². The molecule has 148 valence electrons. The van der Waals surface area contributed by atoms with Gasteiger partial charge in [-0.1, -0.05) is 78.4 Å². The van der Waals surface area contributed by atoms with Gasteiger partial charge in [0.05, 0.1) is 0 Å². The average molecular weight is 405 g/mol. The van der Waals surface area contributed by atoms with Gasteiger partial charge in [-0.2, -0.15) is 8.42 Å². The lowest BCUT2D eigenvalue weighted by molar-refractivity contribution is 0.463. The Bertz CT molecular complexity index is 1100. The van der Waals surface area contributed by atoms with Gasteiger partial charge in [0.1, 0.15) is 4.90 Å². The molecule has 0 amide bonds. The molecule has 0 saturated heterocycles. The van der Waals surface area contributed by atoms with Gasteiger partial charge in [-0.15, -0.1) is 0 Å². The fraction of sp³-hybridized carbons (Fsp3) is 0.200. The van der Waals surface area contributed by atoms with E-state index in [0.717, 1.165) is 28.7 Å². The number of rotatable bonds is 7. The molecule has 4 heteroatoms. The monoisotopic (exact) mass is 404 g/mol. The van der Waals surface area contributed by atoms with Crippen LogP contribution in [0.4, 0.5) is 0 Å². The quantitative estimate of drug-likeness (QED) is 0.273. The standard InChI is InChI=1S/C25H24O3S/c1-19-12-16-23(17-13-19)29(26,27)28-25(22-10-6-3-7-11-22)24(18-20-14-15-20)21-8-4-2-5-9-21/h2-13,16-17,20H,14-15,18H2,1H3/b25-24+. The van der Waals surface area contributed by atoms with E-state index in [-0.39, 0.29) is 4.90 Å². The summed E-state index contributed by atoms with van der Waals surface area (Å²) >= 11 is 0. The van der Waals surface area contributed by atoms with E-state index in [2.05, 4.69) is 0 Å². The van der Waals surface area contributed by atoms with Gasteiger partial charge < -0.3 is 4.18 Å². The van der Waals surface area contributed by atoms with E-state index in [9.17, 15) is 8.42 Å². The van der Waals surface area contributed by atoms with Crippen LogP contribution in [-0.4, -0.2) is 8.42 Å². The first-order valence-electron chi connectivity index (χ1n) is 9.88. The maximum Gasteiger partial charge on any atom is 0.339 e. The molecule has 0 heterocycles. The summed E-state index contributed by atoms with van der Waals surface area (Å²) in [7, 11) is -3.95. The first-order chi connectivity index (χ1) is 14.0. The van der Waals surface area contributed by atoms with Crippen molar-refractivity contribution in [3.05, 3.63) is 102 Å². The van der Waals surface area contributed by atoms with Gasteiger partial charge in [-0.3, -0.25) is 0 Å². The maximum atomic E-state index is 13.1. The third-order valence-corrected chi connectivity index (χ3v) is 6.36. The smallest absolute Gasteiger partial charge is 0.339 e. The molecule has 1 aliphatic rings. The zero-order chi connectivity index (χ0) is 20.3. The lowest BCUT2D eigenvalue weighted by Crippen LogP contribution is -2.08. The Labute approximate surface area is 172 Å². The zero-order valence-electron chi connectivity index (χ0n) is 16.4. The van der Waals surface area contributed by atoms with Crippen LogP contribution in [0.25, 0.3) is 11.3 Å². The number of aryl methyl sites for hydroxylation is 1. The Morgan fingerprint density at radius 2 is 1.38 bits per heavy atom. The Kier molecular flexibility index (Phi) is 5.54. The van der Waals surface area contributed by atoms with Crippen molar-refractivity contribution in [3.8, 4) is 0 Å². The molecule has 1 saturated carbocycles. The fourth-order valence-electron chi connectivity index (χ4n) is 3.32. The summed E-state index contributed by atoms with van der Waals surface area (Å²) in [6, 6.07) is 26.2. The van der Waals surface area contributed by atoms with E-state index in [1.807, 2.05) is 67.6 Å². The Morgan fingerprint density at radius 3 is 1.93 bits per heavy atom. The third kappa shape index (κ3) is 4.77. The summed E-state index contributed by atoms with van der Waals surface area (Å²) < 4.78 is 32.1. The summed E-state index contributed by atoms with van der Waals surface area (Å²) in [5, 5.41) is 0. The highest BCUT2D eigenvalue weighted by Gasteiger charge is 2.28. The summed E-state index contributed by atoms with van der Waals surface area (Å²) in [5.41, 5.74) is 3.71. The molecule has 3 nitrogen and oxygen atoms in total. The first-order valence-corrected chi connectivity index (χ1v) is 11.3. The Hall–Kier alpha value is -2.85. The minimum atomic E-state index is -3.95. The molecule has 4 rings (SSSR count). The van der Waals surface area contributed by atoms with Crippen LogP contribution >= 0.6 is 0 Å². The highest BCUT2D eigenvalue weighted by molar-refractivity contribution is 7.87. The molecule has 0 atom stereocenters. The largest absolute Gasteiger partial charge is 0.378 e. The summed E-state index contributed by atoms with van der Waals surface area (Å²) in [5.74, 6) is 0.999. The van der Waals surface area contributed by atoms with Crippen LogP contribution in [0.1, 0.15) is 36.0 Å². The van der Waals surface area contributed by atoms with Crippen molar-refractivity contribution in [1.29, 1.82) is 0 Å². The second-order valence-corrected chi connectivity index (χ2v) is 9.08. The minimum absolute atomic E-state index is 0.162. The van der Waals surface area contributed by atoms with Crippen molar-refractivity contribution in [1.82, 2.24) is 0 Å². The van der Waals surface area contributed by atoms with Crippen LogP contribution in [0.2, 0.25) is 0 Å². The molecule has 3 aromatic carbocycles. The van der Waals surface area contributed by atoms with E-state index in [4.69, 9.17) is 4.18 Å². The van der Waals surface area contributed by atoms with Gasteiger partial charge in [0, 0.05) is 11.1 Å². The van der Waals surface area contributed by atoms with Gasteiger partial charge >= 0.3 is 10.1 Å². The van der Waals surface area contributed by atoms with E-state index in [0.29, 0.717) is 11.7 Å². The van der Waals surface area contributed by atoms with Crippen LogP contribution < -0.4 is 0 Å². The van der Waals surface area contributed by atoms with E-state index >= 15 is 0 Å². The SMILES string of the molecule is Cc1ccc(S(=O)(=O)O/C(=C(\CC2CC2)c2ccccc2)c2ccccc2)cc1. The maximum absolute atomic E-state index is 13.1. The van der Waals surface area contributed by atoms with Crippen LogP contribution in [0.3, 0.4) is 0 Å². The zero-order valence-corrected chi connectivity index (χ0v) is 17.2. The van der Waals surface area contributed by atoms with Gasteiger partial charge in [-0.25, -0.2) is 0 Å². The molecule has 0 radical (unpaired) electrons. The second-order valence-electron chi connectivity index (χ2n) is 7.54. The molecule has 0 aromatic heterocycles. The van der Waals surface area contributed by atoms with Gasteiger partial charge in [-0.05, 0) is 49.8 Å². The molecule has 1 fully saturated rings. The number of hydrogen-bond donors (Lipinski definition) is 0. The van der Waals surface area contributed by atoms with Crippen molar-refractivity contribution in [2.75, 3.05) is 0 Å². The molecule has 1 aliphatic carbocycles. The molecule has 0 N–H and O–H groups in total. The number of benzene rings is 3. The van der Waals surface area contributed by atoms with Crippen LogP contribution in [-0.2, 0) is 14.3 Å². The minimum Gasteiger partial charge on any atom is -0.378 e. The van der Waals surface area contributed by atoms with Crippen molar-refractivity contribution in [3.63, 3.8) is 0 Å². The Balaban J connectivity index is 1.84. The van der Waals surface area contributed by atoms with Crippen LogP contribution in [0.5, 0.6) is 0 Å². The lowest BCUT2D eigenvalue weighted by Gasteiger charge is -2.17. The molecule has 0 aliphatic heterocycles.